The van der Waals surface area contributed by atoms with Gasteiger partial charge in [0.2, 0.25) is 0 Å². The number of ether oxygens (including phenoxy) is 2. The lowest BCUT2D eigenvalue weighted by Crippen LogP contribution is -2.11. The van der Waals surface area contributed by atoms with E-state index in [1.807, 2.05) is 6.07 Å². The summed E-state index contributed by atoms with van der Waals surface area (Å²) in [5.41, 5.74) is 5.85. The summed E-state index contributed by atoms with van der Waals surface area (Å²) in [6.45, 7) is 0.880. The van der Waals surface area contributed by atoms with Crippen LogP contribution in [0.3, 0.4) is 0 Å². The van der Waals surface area contributed by atoms with Crippen LogP contribution in [-0.4, -0.2) is 20.3 Å². The van der Waals surface area contributed by atoms with E-state index in [1.54, 1.807) is 18.2 Å². The van der Waals surface area contributed by atoms with Gasteiger partial charge in [-0.2, -0.15) is 5.26 Å². The fourth-order valence-electron chi connectivity index (χ4n) is 1.03. The van der Waals surface area contributed by atoms with Crippen molar-refractivity contribution in [3.8, 4) is 17.6 Å². The molecule has 0 aliphatic rings. The van der Waals surface area contributed by atoms with Gasteiger partial charge in [-0.1, -0.05) is 0 Å². The number of benzene rings is 1. The maximum absolute atomic E-state index is 8.66. The standard InChI is InChI=1S/C10H12N2O2/c1-13-10-6-8(7-12)2-3-9(10)14-5-4-11/h2-3,6H,4-5,11H2,1H3. The van der Waals surface area contributed by atoms with Gasteiger partial charge in [-0.05, 0) is 12.1 Å². The van der Waals surface area contributed by atoms with Gasteiger partial charge in [0.1, 0.15) is 6.61 Å². The van der Waals surface area contributed by atoms with Crippen molar-refractivity contribution in [1.82, 2.24) is 0 Å². The van der Waals surface area contributed by atoms with Crippen LogP contribution in [0.15, 0.2) is 18.2 Å². The minimum Gasteiger partial charge on any atom is -0.493 e. The fraction of sp³-hybridized carbons (Fsp3) is 0.300. The molecule has 0 radical (unpaired) electrons. The van der Waals surface area contributed by atoms with E-state index < -0.39 is 0 Å². The quantitative estimate of drug-likeness (QED) is 0.769. The van der Waals surface area contributed by atoms with Gasteiger partial charge in [0.05, 0.1) is 18.7 Å². The lowest BCUT2D eigenvalue weighted by molar-refractivity contribution is 0.302. The molecule has 0 heterocycles. The molecule has 0 fully saturated rings. The first kappa shape index (κ1) is 10.4. The molecule has 1 aromatic rings. The fourth-order valence-corrected chi connectivity index (χ4v) is 1.03. The normalized spacial score (nSPS) is 9.21. The molecular weight excluding hydrogens is 180 g/mol. The van der Waals surface area contributed by atoms with Crippen LogP contribution in [0.1, 0.15) is 5.56 Å². The Morgan fingerprint density at radius 3 is 2.79 bits per heavy atom. The summed E-state index contributed by atoms with van der Waals surface area (Å²) in [7, 11) is 1.53. The Morgan fingerprint density at radius 1 is 1.43 bits per heavy atom. The number of hydrogen-bond donors (Lipinski definition) is 1. The molecule has 0 unspecified atom stereocenters. The maximum Gasteiger partial charge on any atom is 0.162 e. The van der Waals surface area contributed by atoms with Crippen LogP contribution in [0.4, 0.5) is 0 Å². The second-order valence-corrected chi connectivity index (χ2v) is 2.61. The molecule has 0 aromatic heterocycles. The molecular formula is C10H12N2O2. The van der Waals surface area contributed by atoms with Gasteiger partial charge >= 0.3 is 0 Å². The van der Waals surface area contributed by atoms with Crippen LogP contribution >= 0.6 is 0 Å². The highest BCUT2D eigenvalue weighted by Crippen LogP contribution is 2.27. The number of hydrogen-bond acceptors (Lipinski definition) is 4. The van der Waals surface area contributed by atoms with Crippen LogP contribution < -0.4 is 15.2 Å². The summed E-state index contributed by atoms with van der Waals surface area (Å²) in [5.74, 6) is 1.16. The minimum atomic E-state index is 0.433. The van der Waals surface area contributed by atoms with Crippen LogP contribution in [0, 0.1) is 11.3 Å². The highest BCUT2D eigenvalue weighted by molar-refractivity contribution is 5.46. The summed E-state index contributed by atoms with van der Waals surface area (Å²) in [6.07, 6.45) is 0. The monoisotopic (exact) mass is 192 g/mol. The van der Waals surface area contributed by atoms with Gasteiger partial charge in [-0.3, -0.25) is 0 Å². The average molecular weight is 192 g/mol. The summed E-state index contributed by atoms with van der Waals surface area (Å²) in [5, 5.41) is 8.66. The zero-order valence-electron chi connectivity index (χ0n) is 7.99. The van der Waals surface area contributed by atoms with Crippen molar-refractivity contribution in [1.29, 1.82) is 5.26 Å². The van der Waals surface area contributed by atoms with E-state index in [2.05, 4.69) is 0 Å². The second-order valence-electron chi connectivity index (χ2n) is 2.61. The van der Waals surface area contributed by atoms with Gasteiger partial charge in [-0.25, -0.2) is 0 Å². The molecule has 0 saturated heterocycles. The first-order valence-electron chi connectivity index (χ1n) is 4.23. The molecule has 0 saturated carbocycles. The Balaban J connectivity index is 2.89. The molecule has 0 amide bonds. The van der Waals surface area contributed by atoms with E-state index in [4.69, 9.17) is 20.5 Å². The molecule has 14 heavy (non-hydrogen) atoms. The Morgan fingerprint density at radius 2 is 2.21 bits per heavy atom. The number of nitrogens with zero attached hydrogens (tertiary/aromatic N) is 1. The van der Waals surface area contributed by atoms with Crippen molar-refractivity contribution in [2.75, 3.05) is 20.3 Å². The van der Waals surface area contributed by atoms with Crippen molar-refractivity contribution in [3.05, 3.63) is 23.8 Å². The molecule has 74 valence electrons. The molecule has 0 spiro atoms. The highest BCUT2D eigenvalue weighted by Gasteiger charge is 2.04. The van der Waals surface area contributed by atoms with Gasteiger partial charge in [0.25, 0.3) is 0 Å². The molecule has 4 heteroatoms. The Labute approximate surface area is 82.9 Å². The number of nitrogens with two attached hydrogens (primary N) is 1. The molecule has 2 N–H and O–H groups in total. The number of nitriles is 1. The minimum absolute atomic E-state index is 0.433. The van der Waals surface area contributed by atoms with Gasteiger partial charge in [-0.15, -0.1) is 0 Å². The summed E-state index contributed by atoms with van der Waals surface area (Å²) in [6, 6.07) is 7.03. The highest BCUT2D eigenvalue weighted by atomic mass is 16.5. The van der Waals surface area contributed by atoms with Crippen molar-refractivity contribution in [3.63, 3.8) is 0 Å². The molecule has 1 aromatic carbocycles. The first-order valence-corrected chi connectivity index (χ1v) is 4.23. The third kappa shape index (κ3) is 2.38. The van der Waals surface area contributed by atoms with Crippen molar-refractivity contribution < 1.29 is 9.47 Å². The van der Waals surface area contributed by atoms with E-state index in [-0.39, 0.29) is 0 Å². The molecule has 0 bridgehead atoms. The lowest BCUT2D eigenvalue weighted by Gasteiger charge is -2.09. The predicted octanol–water partition coefficient (Wildman–Crippen LogP) is 0.904. The van der Waals surface area contributed by atoms with Gasteiger partial charge < -0.3 is 15.2 Å². The topological polar surface area (TPSA) is 68.3 Å². The largest absolute Gasteiger partial charge is 0.493 e. The zero-order valence-corrected chi connectivity index (χ0v) is 7.99. The van der Waals surface area contributed by atoms with Gasteiger partial charge in [0.15, 0.2) is 11.5 Å². The predicted molar refractivity (Wildman–Crippen MR) is 52.3 cm³/mol. The molecule has 0 aliphatic heterocycles. The Kier molecular flexibility index (Phi) is 3.77. The number of methoxy groups -OCH3 is 1. The molecule has 4 nitrogen and oxygen atoms in total. The Bertz CT molecular complexity index is 344. The van der Waals surface area contributed by atoms with Crippen LogP contribution in [0.2, 0.25) is 0 Å². The van der Waals surface area contributed by atoms with Crippen LogP contribution in [-0.2, 0) is 0 Å². The smallest absolute Gasteiger partial charge is 0.162 e. The zero-order chi connectivity index (χ0) is 10.4. The molecule has 0 atom stereocenters. The maximum atomic E-state index is 8.66. The van der Waals surface area contributed by atoms with E-state index in [1.165, 1.54) is 7.11 Å². The first-order chi connectivity index (χ1) is 6.81. The number of rotatable bonds is 4. The summed E-state index contributed by atoms with van der Waals surface area (Å²) in [4.78, 5) is 0. The van der Waals surface area contributed by atoms with Crippen molar-refractivity contribution >= 4 is 0 Å². The van der Waals surface area contributed by atoms with Crippen molar-refractivity contribution in [2.45, 2.75) is 0 Å². The van der Waals surface area contributed by atoms with E-state index in [9.17, 15) is 0 Å². The average Bonchev–Trinajstić information content (AvgIpc) is 2.26. The SMILES string of the molecule is COc1cc(C#N)ccc1OCCN. The summed E-state index contributed by atoms with van der Waals surface area (Å²) >= 11 is 0. The lowest BCUT2D eigenvalue weighted by atomic mass is 10.2. The van der Waals surface area contributed by atoms with E-state index in [0.717, 1.165) is 0 Å². The van der Waals surface area contributed by atoms with E-state index >= 15 is 0 Å². The third-order valence-electron chi connectivity index (χ3n) is 1.67. The third-order valence-corrected chi connectivity index (χ3v) is 1.67. The second kappa shape index (κ2) is 5.10. The van der Waals surface area contributed by atoms with Crippen LogP contribution in [0.5, 0.6) is 11.5 Å². The van der Waals surface area contributed by atoms with Gasteiger partial charge in [0, 0.05) is 12.6 Å². The Hall–Kier alpha value is -1.73. The molecule has 1 rings (SSSR count). The van der Waals surface area contributed by atoms with Crippen molar-refractivity contribution in [2.24, 2.45) is 5.73 Å². The van der Waals surface area contributed by atoms with E-state index in [0.29, 0.717) is 30.2 Å². The summed E-state index contributed by atoms with van der Waals surface area (Å²) < 4.78 is 10.4. The van der Waals surface area contributed by atoms with Crippen LogP contribution in [0.25, 0.3) is 0 Å². The molecule has 0 aliphatic carbocycles.